The molecular formula is C10H24N2NaO3P+. The Bertz CT molecular complexity index is 160. The fraction of sp³-hybridized carbons (Fsp3) is 1.00. The van der Waals surface area contributed by atoms with Gasteiger partial charge >= 0.3 is 8.25 Å². The van der Waals surface area contributed by atoms with Crippen molar-refractivity contribution in [3.05, 3.63) is 0 Å². The third-order valence-electron chi connectivity index (χ3n) is 2.09. The maximum absolute atomic E-state index is 10.4. The molecular weight excluding hydrogens is 250 g/mol. The van der Waals surface area contributed by atoms with Crippen molar-refractivity contribution < 1.29 is 13.6 Å². The molecule has 17 heavy (non-hydrogen) atoms. The zero-order valence-electron chi connectivity index (χ0n) is 10.9. The third kappa shape index (κ3) is 16.9. The molecule has 0 aromatic heterocycles. The Morgan fingerprint density at radius 3 is 1.65 bits per heavy atom. The Kier molecular flexibility index (Phi) is 20.2. The van der Waals surface area contributed by atoms with Crippen LogP contribution in [0.1, 0.15) is 38.5 Å². The second kappa shape index (κ2) is 16.9. The monoisotopic (exact) mass is 274 g/mol. The minimum absolute atomic E-state index is 0. The third-order valence-corrected chi connectivity index (χ3v) is 2.88. The Morgan fingerprint density at radius 1 is 0.882 bits per heavy atom. The van der Waals surface area contributed by atoms with Crippen LogP contribution < -0.4 is 11.5 Å². The van der Waals surface area contributed by atoms with Crippen LogP contribution in [0.15, 0.2) is 0 Å². The van der Waals surface area contributed by atoms with Crippen LogP contribution in [0, 0.1) is 0 Å². The minimum atomic E-state index is -1.77. The van der Waals surface area contributed by atoms with Crippen LogP contribution >= 0.6 is 8.25 Å². The van der Waals surface area contributed by atoms with E-state index in [1.54, 1.807) is 0 Å². The zero-order valence-corrected chi connectivity index (χ0v) is 13.8. The minimum Gasteiger partial charge on any atom is -0.330 e. The molecule has 1 radical (unpaired) electrons. The van der Waals surface area contributed by atoms with E-state index in [4.69, 9.17) is 11.5 Å². The number of unbranched alkanes of at least 4 members (excludes halogenated alkanes) is 3. The molecule has 7 heteroatoms. The molecule has 1 aliphatic rings. The molecule has 1 aliphatic heterocycles. The van der Waals surface area contributed by atoms with Crippen LogP contribution in [0.25, 0.3) is 0 Å². The van der Waals surface area contributed by atoms with Gasteiger partial charge in [-0.05, 0) is 38.8 Å². The van der Waals surface area contributed by atoms with E-state index in [-0.39, 0.29) is 29.6 Å². The van der Waals surface area contributed by atoms with E-state index in [1.807, 2.05) is 0 Å². The van der Waals surface area contributed by atoms with Gasteiger partial charge in [0.2, 0.25) is 0 Å². The molecule has 0 aromatic rings. The largest absolute Gasteiger partial charge is 0.697 e. The predicted octanol–water partition coefficient (Wildman–Crippen LogP) is 1.55. The first-order chi connectivity index (χ1) is 7.81. The summed E-state index contributed by atoms with van der Waals surface area (Å²) in [5, 5.41) is 0. The molecule has 1 saturated heterocycles. The van der Waals surface area contributed by atoms with Crippen LogP contribution in [-0.4, -0.2) is 55.9 Å². The summed E-state index contributed by atoms with van der Waals surface area (Å²) in [5.41, 5.74) is 10.6. The topological polar surface area (TPSA) is 87.6 Å². The number of hydrogen-bond donors (Lipinski definition) is 2. The van der Waals surface area contributed by atoms with E-state index >= 15 is 0 Å². The van der Waals surface area contributed by atoms with Gasteiger partial charge in [0.25, 0.3) is 0 Å². The van der Waals surface area contributed by atoms with Gasteiger partial charge in [0.05, 0.1) is 0 Å². The van der Waals surface area contributed by atoms with E-state index in [9.17, 15) is 4.57 Å². The Hall–Kier alpha value is 0.940. The van der Waals surface area contributed by atoms with Gasteiger partial charge in [-0.3, -0.25) is 0 Å². The average Bonchev–Trinajstić information content (AvgIpc) is 2.53. The first-order valence-corrected chi connectivity index (χ1v) is 7.04. The molecule has 0 spiro atoms. The normalized spacial score (nSPS) is 15.3. The summed E-state index contributed by atoms with van der Waals surface area (Å²) < 4.78 is 19.8. The molecule has 4 N–H and O–H groups in total. The Morgan fingerprint density at radius 2 is 1.29 bits per heavy atom. The van der Waals surface area contributed by atoms with Gasteiger partial charge in [0.1, 0.15) is 13.2 Å². The summed E-state index contributed by atoms with van der Waals surface area (Å²) in [7, 11) is -1.77. The van der Waals surface area contributed by atoms with Crippen LogP contribution in [0.4, 0.5) is 0 Å². The standard InChI is InChI=1S/C6H16N2.C4H8O3P.Na/c7-5-3-1-2-4-6-8;5-8-6-3-1-2-4-7-8;/h1-8H2;1-4H2;/q;+1;. The van der Waals surface area contributed by atoms with E-state index in [2.05, 4.69) is 9.05 Å². The number of nitrogens with two attached hydrogens (primary N) is 2. The molecule has 0 atom stereocenters. The van der Waals surface area contributed by atoms with Crippen molar-refractivity contribution in [1.82, 2.24) is 0 Å². The van der Waals surface area contributed by atoms with Crippen molar-refractivity contribution in [2.75, 3.05) is 26.3 Å². The second-order valence-electron chi connectivity index (χ2n) is 3.59. The van der Waals surface area contributed by atoms with E-state index in [0.29, 0.717) is 13.2 Å². The van der Waals surface area contributed by atoms with Gasteiger partial charge in [-0.2, -0.15) is 0 Å². The number of hydrogen-bond acceptors (Lipinski definition) is 5. The fourth-order valence-electron chi connectivity index (χ4n) is 1.16. The first-order valence-electron chi connectivity index (χ1n) is 5.94. The van der Waals surface area contributed by atoms with Gasteiger partial charge < -0.3 is 11.5 Å². The summed E-state index contributed by atoms with van der Waals surface area (Å²) in [6, 6.07) is 0. The van der Waals surface area contributed by atoms with Crippen molar-refractivity contribution >= 4 is 37.8 Å². The van der Waals surface area contributed by atoms with Gasteiger partial charge in [-0.15, -0.1) is 9.05 Å². The molecule has 0 aromatic carbocycles. The molecule has 0 amide bonds. The van der Waals surface area contributed by atoms with Gasteiger partial charge in [0, 0.05) is 34.1 Å². The summed E-state index contributed by atoms with van der Waals surface area (Å²) in [4.78, 5) is 0. The zero-order chi connectivity index (χ0) is 12.1. The van der Waals surface area contributed by atoms with Crippen LogP contribution in [0.3, 0.4) is 0 Å². The molecule has 97 valence electrons. The predicted molar refractivity (Wildman–Crippen MR) is 71.1 cm³/mol. The number of rotatable bonds is 5. The van der Waals surface area contributed by atoms with E-state index < -0.39 is 8.25 Å². The average molecular weight is 274 g/mol. The first kappa shape index (κ1) is 20.3. The second-order valence-corrected chi connectivity index (χ2v) is 4.55. The summed E-state index contributed by atoms with van der Waals surface area (Å²) >= 11 is 0. The SMILES string of the molecule is NCCCCCCN.O=[P+]1OCCCCO1.[Na]. The maximum atomic E-state index is 10.4. The summed E-state index contributed by atoms with van der Waals surface area (Å²) in [6.07, 6.45) is 6.71. The van der Waals surface area contributed by atoms with Gasteiger partial charge in [-0.25, -0.2) is 0 Å². The van der Waals surface area contributed by atoms with Crippen molar-refractivity contribution in [2.24, 2.45) is 11.5 Å². The van der Waals surface area contributed by atoms with Crippen LogP contribution in [0.2, 0.25) is 0 Å². The fourth-order valence-corrected chi connectivity index (χ4v) is 1.79. The summed E-state index contributed by atoms with van der Waals surface area (Å²) in [6.45, 7) is 2.81. The van der Waals surface area contributed by atoms with Crippen molar-refractivity contribution in [1.29, 1.82) is 0 Å². The van der Waals surface area contributed by atoms with Crippen molar-refractivity contribution in [2.45, 2.75) is 38.5 Å². The molecule has 5 nitrogen and oxygen atoms in total. The summed E-state index contributed by atoms with van der Waals surface area (Å²) in [5.74, 6) is 0. The molecule has 0 saturated carbocycles. The molecule has 1 fully saturated rings. The van der Waals surface area contributed by atoms with Crippen molar-refractivity contribution in [3.63, 3.8) is 0 Å². The van der Waals surface area contributed by atoms with Gasteiger partial charge in [-0.1, -0.05) is 12.8 Å². The van der Waals surface area contributed by atoms with E-state index in [0.717, 1.165) is 38.8 Å². The maximum Gasteiger partial charge on any atom is 0.697 e. The molecule has 0 aliphatic carbocycles. The molecule has 0 unspecified atom stereocenters. The Labute approximate surface area is 127 Å². The van der Waals surface area contributed by atoms with Crippen LogP contribution in [0.5, 0.6) is 0 Å². The molecule has 1 rings (SSSR count). The smallest absolute Gasteiger partial charge is 0.330 e. The van der Waals surface area contributed by atoms with E-state index in [1.165, 1.54) is 12.8 Å². The Balaban J connectivity index is 0. The van der Waals surface area contributed by atoms with Gasteiger partial charge in [0.15, 0.2) is 0 Å². The van der Waals surface area contributed by atoms with Crippen LogP contribution in [-0.2, 0) is 13.6 Å². The molecule has 0 bridgehead atoms. The molecule has 1 heterocycles. The van der Waals surface area contributed by atoms with Crippen molar-refractivity contribution in [3.8, 4) is 0 Å². The quantitative estimate of drug-likeness (QED) is 0.451.